The fourth-order valence-electron chi connectivity index (χ4n) is 1.81. The summed E-state index contributed by atoms with van der Waals surface area (Å²) in [5.41, 5.74) is 1.36. The molecule has 0 spiro atoms. The van der Waals surface area contributed by atoms with Gasteiger partial charge in [-0.25, -0.2) is 0 Å². The molecule has 0 saturated carbocycles. The van der Waals surface area contributed by atoms with Crippen molar-refractivity contribution in [1.82, 2.24) is 0 Å². The molecule has 0 fully saturated rings. The van der Waals surface area contributed by atoms with E-state index in [1.54, 1.807) is 42.5 Å². The molecule has 1 amide bonds. The molecule has 4 nitrogen and oxygen atoms in total. The third-order valence-electron chi connectivity index (χ3n) is 2.73. The molecule has 0 saturated heterocycles. The quantitative estimate of drug-likeness (QED) is 0.924. The van der Waals surface area contributed by atoms with E-state index in [2.05, 4.69) is 5.32 Å². The topological polar surface area (TPSA) is 62.1 Å². The number of hydrogen-bond donors (Lipinski definition) is 1. The molecule has 0 atom stereocenters. The Hall–Kier alpha value is -2.80. The summed E-state index contributed by atoms with van der Waals surface area (Å²) in [7, 11) is 0. The SMILES string of the molecule is CCOc1ccccc1C(=O)Nc1ccccc1C#N. The molecule has 0 aliphatic rings. The summed E-state index contributed by atoms with van der Waals surface area (Å²) in [6, 6.07) is 15.9. The van der Waals surface area contributed by atoms with E-state index in [-0.39, 0.29) is 5.91 Å². The van der Waals surface area contributed by atoms with Crippen LogP contribution < -0.4 is 10.1 Å². The molecule has 0 bridgehead atoms. The van der Waals surface area contributed by atoms with E-state index in [4.69, 9.17) is 10.00 Å². The van der Waals surface area contributed by atoms with Crippen LogP contribution in [0.3, 0.4) is 0 Å². The van der Waals surface area contributed by atoms with Crippen LogP contribution in [0.2, 0.25) is 0 Å². The van der Waals surface area contributed by atoms with Crippen molar-refractivity contribution in [2.24, 2.45) is 0 Å². The van der Waals surface area contributed by atoms with Crippen molar-refractivity contribution in [3.05, 3.63) is 59.7 Å². The lowest BCUT2D eigenvalue weighted by atomic mass is 10.1. The van der Waals surface area contributed by atoms with Crippen molar-refractivity contribution in [2.75, 3.05) is 11.9 Å². The molecule has 0 unspecified atom stereocenters. The van der Waals surface area contributed by atoms with Crippen molar-refractivity contribution in [1.29, 1.82) is 5.26 Å². The minimum absolute atomic E-state index is 0.295. The minimum Gasteiger partial charge on any atom is -0.493 e. The highest BCUT2D eigenvalue weighted by molar-refractivity contribution is 6.06. The van der Waals surface area contributed by atoms with Crippen LogP contribution in [0.4, 0.5) is 5.69 Å². The Bertz CT molecular complexity index is 660. The average molecular weight is 266 g/mol. The summed E-state index contributed by atoms with van der Waals surface area (Å²) in [5, 5.41) is 11.7. The van der Waals surface area contributed by atoms with Crippen molar-refractivity contribution in [3.63, 3.8) is 0 Å². The zero-order valence-corrected chi connectivity index (χ0v) is 11.1. The van der Waals surface area contributed by atoms with E-state index in [0.29, 0.717) is 29.2 Å². The van der Waals surface area contributed by atoms with E-state index in [9.17, 15) is 4.79 Å². The zero-order chi connectivity index (χ0) is 14.4. The first-order valence-electron chi connectivity index (χ1n) is 6.28. The Morgan fingerprint density at radius 1 is 1.20 bits per heavy atom. The number of nitriles is 1. The first-order valence-corrected chi connectivity index (χ1v) is 6.28. The van der Waals surface area contributed by atoms with Gasteiger partial charge in [-0.15, -0.1) is 0 Å². The van der Waals surface area contributed by atoms with Crippen molar-refractivity contribution in [3.8, 4) is 11.8 Å². The van der Waals surface area contributed by atoms with Gasteiger partial charge in [0.1, 0.15) is 11.8 Å². The Kier molecular flexibility index (Phi) is 4.35. The van der Waals surface area contributed by atoms with Crippen LogP contribution in [0.15, 0.2) is 48.5 Å². The van der Waals surface area contributed by atoms with Gasteiger partial charge in [-0.3, -0.25) is 4.79 Å². The lowest BCUT2D eigenvalue weighted by Gasteiger charge is -2.11. The van der Waals surface area contributed by atoms with E-state index in [1.165, 1.54) is 0 Å². The molecule has 2 aromatic carbocycles. The van der Waals surface area contributed by atoms with Gasteiger partial charge < -0.3 is 10.1 Å². The number of carbonyl (C=O) groups excluding carboxylic acids is 1. The van der Waals surface area contributed by atoms with Gasteiger partial charge in [-0.1, -0.05) is 24.3 Å². The van der Waals surface area contributed by atoms with Gasteiger partial charge in [0.05, 0.1) is 23.4 Å². The fraction of sp³-hybridized carbons (Fsp3) is 0.125. The smallest absolute Gasteiger partial charge is 0.259 e. The fourth-order valence-corrected chi connectivity index (χ4v) is 1.81. The number of rotatable bonds is 4. The number of nitrogens with zero attached hydrogens (tertiary/aromatic N) is 1. The zero-order valence-electron chi connectivity index (χ0n) is 11.1. The number of anilines is 1. The lowest BCUT2D eigenvalue weighted by Crippen LogP contribution is -2.14. The molecule has 0 heterocycles. The van der Waals surface area contributed by atoms with Crippen LogP contribution in [0.1, 0.15) is 22.8 Å². The van der Waals surface area contributed by atoms with Crippen LogP contribution in [-0.2, 0) is 0 Å². The number of nitrogens with one attached hydrogen (secondary N) is 1. The summed E-state index contributed by atoms with van der Waals surface area (Å²) >= 11 is 0. The van der Waals surface area contributed by atoms with Crippen LogP contribution >= 0.6 is 0 Å². The van der Waals surface area contributed by atoms with Gasteiger partial charge >= 0.3 is 0 Å². The van der Waals surface area contributed by atoms with Crippen molar-refractivity contribution < 1.29 is 9.53 Å². The predicted molar refractivity (Wildman–Crippen MR) is 76.7 cm³/mol. The molecule has 100 valence electrons. The summed E-state index contributed by atoms with van der Waals surface area (Å²) in [5.74, 6) is 0.235. The van der Waals surface area contributed by atoms with Crippen LogP contribution in [0.25, 0.3) is 0 Å². The number of hydrogen-bond acceptors (Lipinski definition) is 3. The number of benzene rings is 2. The Labute approximate surface area is 117 Å². The number of ether oxygens (including phenoxy) is 1. The maximum absolute atomic E-state index is 12.3. The molecule has 2 rings (SSSR count). The third kappa shape index (κ3) is 2.96. The van der Waals surface area contributed by atoms with Gasteiger partial charge in [0.25, 0.3) is 5.91 Å². The van der Waals surface area contributed by atoms with Crippen molar-refractivity contribution in [2.45, 2.75) is 6.92 Å². The molecule has 4 heteroatoms. The van der Waals surface area contributed by atoms with Gasteiger partial charge in [0.2, 0.25) is 0 Å². The van der Waals surface area contributed by atoms with Gasteiger partial charge in [0, 0.05) is 0 Å². The minimum atomic E-state index is -0.295. The molecule has 0 aromatic heterocycles. The second-order valence-electron chi connectivity index (χ2n) is 4.04. The maximum atomic E-state index is 12.3. The monoisotopic (exact) mass is 266 g/mol. The Morgan fingerprint density at radius 3 is 2.65 bits per heavy atom. The molecule has 1 N–H and O–H groups in total. The molecule has 0 aliphatic carbocycles. The molecule has 20 heavy (non-hydrogen) atoms. The maximum Gasteiger partial charge on any atom is 0.259 e. The third-order valence-corrected chi connectivity index (χ3v) is 2.73. The van der Waals surface area contributed by atoms with Crippen LogP contribution in [-0.4, -0.2) is 12.5 Å². The highest BCUT2D eigenvalue weighted by Gasteiger charge is 2.13. The van der Waals surface area contributed by atoms with Crippen LogP contribution in [0.5, 0.6) is 5.75 Å². The second kappa shape index (κ2) is 6.39. The van der Waals surface area contributed by atoms with E-state index in [0.717, 1.165) is 0 Å². The molecule has 0 aliphatic heterocycles. The van der Waals surface area contributed by atoms with Gasteiger partial charge in [-0.2, -0.15) is 5.26 Å². The standard InChI is InChI=1S/C16H14N2O2/c1-2-20-15-10-6-4-8-13(15)16(19)18-14-9-5-3-7-12(14)11-17/h3-10H,2H2,1H3,(H,18,19). The molecular weight excluding hydrogens is 252 g/mol. The summed E-state index contributed by atoms with van der Waals surface area (Å²) in [4.78, 5) is 12.3. The first kappa shape index (κ1) is 13.6. The number of para-hydroxylation sites is 2. The van der Waals surface area contributed by atoms with Gasteiger partial charge in [-0.05, 0) is 31.2 Å². The second-order valence-corrected chi connectivity index (χ2v) is 4.04. The largest absolute Gasteiger partial charge is 0.493 e. The number of carbonyl (C=O) groups is 1. The molecular formula is C16H14N2O2. The van der Waals surface area contributed by atoms with E-state index >= 15 is 0 Å². The van der Waals surface area contributed by atoms with Crippen LogP contribution in [0, 0.1) is 11.3 Å². The highest BCUT2D eigenvalue weighted by Crippen LogP contribution is 2.21. The Morgan fingerprint density at radius 2 is 1.90 bits per heavy atom. The summed E-state index contributed by atoms with van der Waals surface area (Å²) in [6.45, 7) is 2.35. The first-order chi connectivity index (χ1) is 9.76. The van der Waals surface area contributed by atoms with Crippen molar-refractivity contribution >= 4 is 11.6 Å². The molecule has 2 aromatic rings. The van der Waals surface area contributed by atoms with Gasteiger partial charge in [0.15, 0.2) is 0 Å². The van der Waals surface area contributed by atoms with E-state index < -0.39 is 0 Å². The summed E-state index contributed by atoms with van der Waals surface area (Å²) < 4.78 is 5.43. The Balaban J connectivity index is 2.27. The molecule has 0 radical (unpaired) electrons. The summed E-state index contributed by atoms with van der Waals surface area (Å²) in [6.07, 6.45) is 0. The highest BCUT2D eigenvalue weighted by atomic mass is 16.5. The van der Waals surface area contributed by atoms with E-state index in [1.807, 2.05) is 19.1 Å². The normalized spacial score (nSPS) is 9.60. The number of amides is 1. The predicted octanol–water partition coefficient (Wildman–Crippen LogP) is 3.21. The average Bonchev–Trinajstić information content (AvgIpc) is 2.48. The lowest BCUT2D eigenvalue weighted by molar-refractivity contribution is 0.102.